The van der Waals surface area contributed by atoms with Crippen LogP contribution in [0.3, 0.4) is 0 Å². The van der Waals surface area contributed by atoms with Gasteiger partial charge in [-0.05, 0) is 44.4 Å². The van der Waals surface area contributed by atoms with E-state index in [0.29, 0.717) is 23.1 Å². The zero-order valence-electron chi connectivity index (χ0n) is 20.9. The van der Waals surface area contributed by atoms with E-state index in [1.54, 1.807) is 19.5 Å². The molecule has 0 aliphatic rings. The van der Waals surface area contributed by atoms with E-state index in [4.69, 9.17) is 4.74 Å². The molecule has 0 aliphatic carbocycles. The van der Waals surface area contributed by atoms with Gasteiger partial charge in [0.2, 0.25) is 11.9 Å². The molecule has 3 heterocycles. The minimum Gasteiger partial charge on any atom is -0.494 e. The number of nitrogens with one attached hydrogen (secondary N) is 3. The Labute approximate surface area is 210 Å². The van der Waals surface area contributed by atoms with Gasteiger partial charge in [-0.3, -0.25) is 4.79 Å². The third kappa shape index (κ3) is 5.61. The van der Waals surface area contributed by atoms with Crippen LogP contribution in [0.2, 0.25) is 0 Å². The van der Waals surface area contributed by atoms with E-state index < -0.39 is 0 Å². The van der Waals surface area contributed by atoms with Crippen LogP contribution < -0.4 is 20.3 Å². The van der Waals surface area contributed by atoms with Gasteiger partial charge in [0.25, 0.3) is 0 Å². The van der Waals surface area contributed by atoms with Crippen molar-refractivity contribution in [2.24, 2.45) is 0 Å². The predicted molar refractivity (Wildman–Crippen MR) is 144 cm³/mol. The number of ether oxygens (including phenoxy) is 1. The monoisotopic (exact) mass is 486 g/mol. The van der Waals surface area contributed by atoms with E-state index in [-0.39, 0.29) is 5.91 Å². The Morgan fingerprint density at radius 2 is 1.97 bits per heavy atom. The lowest BCUT2D eigenvalue weighted by molar-refractivity contribution is -0.111. The Morgan fingerprint density at radius 3 is 2.72 bits per heavy atom. The Morgan fingerprint density at radius 1 is 1.14 bits per heavy atom. The molecule has 0 saturated heterocycles. The molecule has 3 aromatic heterocycles. The molecule has 3 N–H and O–H groups in total. The normalized spacial score (nSPS) is 10.9. The molecule has 0 fully saturated rings. The molecule has 1 amide bonds. The highest BCUT2D eigenvalue weighted by Crippen LogP contribution is 2.38. The lowest BCUT2D eigenvalue weighted by Gasteiger charge is -2.26. The summed E-state index contributed by atoms with van der Waals surface area (Å²) in [4.78, 5) is 32.9. The van der Waals surface area contributed by atoms with E-state index in [9.17, 15) is 4.79 Å². The average Bonchev–Trinajstić information content (AvgIpc) is 3.35. The molecule has 0 saturated carbocycles. The SMILES string of the molecule is C=CC(=O)Nc1cc(Nc2nccc(-c3cnc4[nH]ccc4c3)n2)c(OC)cc1N(C)CCN(C)C. The number of carbonyl (C=O) groups is 1. The number of pyridine rings is 1. The molecule has 10 nitrogen and oxygen atoms in total. The zero-order chi connectivity index (χ0) is 25.7. The Hall–Kier alpha value is -4.44. The van der Waals surface area contributed by atoms with Gasteiger partial charge in [-0.15, -0.1) is 0 Å². The van der Waals surface area contributed by atoms with E-state index in [0.717, 1.165) is 41.1 Å². The number of rotatable bonds is 10. The second-order valence-electron chi connectivity index (χ2n) is 8.52. The summed E-state index contributed by atoms with van der Waals surface area (Å²) in [5.74, 6) is 0.664. The molecule has 4 aromatic rings. The van der Waals surface area contributed by atoms with Gasteiger partial charge in [0.05, 0.1) is 29.9 Å². The maximum atomic E-state index is 12.2. The minimum atomic E-state index is -0.306. The molecule has 186 valence electrons. The first-order chi connectivity index (χ1) is 17.4. The van der Waals surface area contributed by atoms with E-state index in [1.807, 2.05) is 57.7 Å². The highest BCUT2D eigenvalue weighted by Gasteiger charge is 2.17. The summed E-state index contributed by atoms with van der Waals surface area (Å²) < 4.78 is 5.67. The molecule has 10 heteroatoms. The number of aromatic amines is 1. The first-order valence-electron chi connectivity index (χ1n) is 11.4. The number of fused-ring (bicyclic) bond motifs is 1. The largest absolute Gasteiger partial charge is 0.494 e. The fourth-order valence-corrected chi connectivity index (χ4v) is 3.69. The van der Waals surface area contributed by atoms with Crippen LogP contribution in [0.15, 0.2) is 61.6 Å². The number of hydrogen-bond donors (Lipinski definition) is 3. The second-order valence-corrected chi connectivity index (χ2v) is 8.52. The number of likely N-dealkylation sites (N-methyl/N-ethyl adjacent to an activating group) is 2. The number of methoxy groups -OCH3 is 1. The molecule has 0 aliphatic heterocycles. The predicted octanol–water partition coefficient (Wildman–Crippen LogP) is 3.89. The van der Waals surface area contributed by atoms with Crippen LogP contribution in [0.25, 0.3) is 22.3 Å². The Balaban J connectivity index is 1.67. The van der Waals surface area contributed by atoms with Gasteiger partial charge in [-0.1, -0.05) is 6.58 Å². The number of nitrogens with zero attached hydrogens (tertiary/aromatic N) is 5. The zero-order valence-corrected chi connectivity index (χ0v) is 20.9. The standard InChI is InChI=1S/C26H30N8O2/c1-6-24(35)30-20-14-21(23(36-5)15-22(20)34(4)12-11-33(2)3)32-26-28-10-8-19(31-26)18-13-17-7-9-27-25(17)29-16-18/h6-10,13-16H,1,11-12H2,2-5H3,(H,27,29)(H,30,35)(H,28,31,32). The molecule has 0 spiro atoms. The Kier molecular flexibility index (Phi) is 7.45. The number of aromatic nitrogens is 4. The fourth-order valence-electron chi connectivity index (χ4n) is 3.69. The maximum Gasteiger partial charge on any atom is 0.247 e. The Bertz CT molecular complexity index is 1380. The first-order valence-corrected chi connectivity index (χ1v) is 11.4. The molecule has 36 heavy (non-hydrogen) atoms. The van der Waals surface area contributed by atoms with Crippen molar-refractivity contribution in [1.82, 2.24) is 24.8 Å². The van der Waals surface area contributed by atoms with Crippen LogP contribution in [-0.4, -0.2) is 72.1 Å². The van der Waals surface area contributed by atoms with Crippen molar-refractivity contribution in [2.45, 2.75) is 0 Å². The van der Waals surface area contributed by atoms with Crippen LogP contribution in [0.1, 0.15) is 0 Å². The van der Waals surface area contributed by atoms with Crippen LogP contribution in [0, 0.1) is 0 Å². The molecule has 0 unspecified atom stereocenters. The van der Waals surface area contributed by atoms with Gasteiger partial charge in [-0.2, -0.15) is 0 Å². The van der Waals surface area contributed by atoms with Crippen LogP contribution >= 0.6 is 0 Å². The van der Waals surface area contributed by atoms with Crippen molar-refractivity contribution in [3.8, 4) is 17.0 Å². The summed E-state index contributed by atoms with van der Waals surface area (Å²) in [5, 5.41) is 7.13. The van der Waals surface area contributed by atoms with E-state index >= 15 is 0 Å². The van der Waals surface area contributed by atoms with E-state index in [1.165, 1.54) is 6.08 Å². The number of H-pyrrole nitrogens is 1. The van der Waals surface area contributed by atoms with E-state index in [2.05, 4.69) is 46.9 Å². The third-order valence-corrected chi connectivity index (χ3v) is 5.65. The average molecular weight is 487 g/mol. The van der Waals surface area contributed by atoms with Gasteiger partial charge in [0, 0.05) is 55.7 Å². The molecule has 0 bridgehead atoms. The van der Waals surface area contributed by atoms with Crippen molar-refractivity contribution < 1.29 is 9.53 Å². The topological polar surface area (TPSA) is 111 Å². The molecular weight excluding hydrogens is 456 g/mol. The van der Waals surface area contributed by atoms with Crippen molar-refractivity contribution in [3.05, 3.63) is 61.6 Å². The van der Waals surface area contributed by atoms with Crippen LogP contribution in [0.4, 0.5) is 23.0 Å². The number of hydrogen-bond acceptors (Lipinski definition) is 8. The van der Waals surface area contributed by atoms with Crippen LogP contribution in [0.5, 0.6) is 5.75 Å². The summed E-state index contributed by atoms with van der Waals surface area (Å²) in [5.41, 5.74) is 4.45. The summed E-state index contributed by atoms with van der Waals surface area (Å²) in [6, 6.07) is 9.51. The van der Waals surface area contributed by atoms with Gasteiger partial charge >= 0.3 is 0 Å². The minimum absolute atomic E-state index is 0.306. The van der Waals surface area contributed by atoms with Crippen molar-refractivity contribution >= 4 is 40.0 Å². The smallest absolute Gasteiger partial charge is 0.247 e. The number of amides is 1. The summed E-state index contributed by atoms with van der Waals surface area (Å²) in [6.45, 7) is 5.17. The van der Waals surface area contributed by atoms with Crippen molar-refractivity contribution in [1.29, 1.82) is 0 Å². The maximum absolute atomic E-state index is 12.2. The summed E-state index contributed by atoms with van der Waals surface area (Å²) in [6.07, 6.45) is 6.54. The highest BCUT2D eigenvalue weighted by atomic mass is 16.5. The van der Waals surface area contributed by atoms with Crippen molar-refractivity contribution in [2.75, 3.05) is 56.9 Å². The molecule has 0 atom stereocenters. The second kappa shape index (κ2) is 10.9. The third-order valence-electron chi connectivity index (χ3n) is 5.65. The molecule has 4 rings (SSSR count). The summed E-state index contributed by atoms with van der Waals surface area (Å²) in [7, 11) is 7.60. The molecule has 0 radical (unpaired) electrons. The highest BCUT2D eigenvalue weighted by molar-refractivity contribution is 6.02. The number of carbonyl (C=O) groups excluding carboxylic acids is 1. The molecular formula is C26H30N8O2. The van der Waals surface area contributed by atoms with Gasteiger partial charge < -0.3 is 30.2 Å². The first kappa shape index (κ1) is 24.7. The number of benzene rings is 1. The van der Waals surface area contributed by atoms with Gasteiger partial charge in [-0.25, -0.2) is 15.0 Å². The number of anilines is 4. The molecule has 1 aromatic carbocycles. The van der Waals surface area contributed by atoms with Gasteiger partial charge in [0.1, 0.15) is 11.4 Å². The summed E-state index contributed by atoms with van der Waals surface area (Å²) >= 11 is 0. The van der Waals surface area contributed by atoms with Gasteiger partial charge in [0.15, 0.2) is 0 Å². The lowest BCUT2D eigenvalue weighted by atomic mass is 10.1. The lowest BCUT2D eigenvalue weighted by Crippen LogP contribution is -2.29. The fraction of sp³-hybridized carbons (Fsp3) is 0.231. The van der Waals surface area contributed by atoms with Crippen molar-refractivity contribution in [3.63, 3.8) is 0 Å². The van der Waals surface area contributed by atoms with Crippen LogP contribution in [-0.2, 0) is 4.79 Å². The quantitative estimate of drug-likeness (QED) is 0.290.